The van der Waals surface area contributed by atoms with Gasteiger partial charge in [0.15, 0.2) is 0 Å². The fraction of sp³-hybridized carbons (Fsp3) is 0.500. The zero-order chi connectivity index (χ0) is 13.7. The number of nitrogens with one attached hydrogen (secondary N) is 2. The number of hydrogen-bond acceptors (Lipinski definition) is 3. The molecule has 0 saturated carbocycles. The number of hydrogen-bond donors (Lipinski definition) is 2. The molecule has 0 aromatic heterocycles. The maximum atomic E-state index is 11.9. The predicted molar refractivity (Wildman–Crippen MR) is 75.2 cm³/mol. The number of morpholine rings is 1. The first kappa shape index (κ1) is 14.3. The van der Waals surface area contributed by atoms with Gasteiger partial charge in [-0.2, -0.15) is 0 Å². The highest BCUT2D eigenvalue weighted by Gasteiger charge is 2.18. The van der Waals surface area contributed by atoms with Crippen molar-refractivity contribution in [1.82, 2.24) is 10.6 Å². The molecule has 1 saturated heterocycles. The van der Waals surface area contributed by atoms with E-state index in [1.165, 1.54) is 0 Å². The Balaban J connectivity index is 1.84. The minimum atomic E-state index is -0.0530. The van der Waals surface area contributed by atoms with E-state index in [4.69, 9.17) is 16.3 Å². The van der Waals surface area contributed by atoms with Crippen molar-refractivity contribution in [3.8, 4) is 0 Å². The molecule has 2 unspecified atom stereocenters. The highest BCUT2D eigenvalue weighted by atomic mass is 35.5. The number of ether oxygens (including phenoxy) is 1. The number of carbonyl (C=O) groups is 1. The van der Waals surface area contributed by atoms with Crippen molar-refractivity contribution >= 4 is 17.5 Å². The van der Waals surface area contributed by atoms with E-state index in [0.717, 1.165) is 18.7 Å². The molecule has 1 heterocycles. The molecule has 1 amide bonds. The number of halogens is 1. The number of benzene rings is 1. The Kier molecular flexibility index (Phi) is 5.19. The van der Waals surface area contributed by atoms with Gasteiger partial charge in [-0.05, 0) is 24.6 Å². The largest absolute Gasteiger partial charge is 0.375 e. The number of amides is 1. The Morgan fingerprint density at radius 2 is 2.47 bits per heavy atom. The predicted octanol–water partition coefficient (Wildman–Crippen LogP) is 1.90. The second-order valence-corrected chi connectivity index (χ2v) is 5.18. The van der Waals surface area contributed by atoms with E-state index in [2.05, 4.69) is 10.6 Å². The standard InChI is InChI=1S/C14H19ClN2O2/c1-10(11-3-2-4-12(15)7-11)17-14(18)8-13-9-16-5-6-19-13/h2-4,7,10,13,16H,5-6,8-9H2,1H3,(H,17,18). The van der Waals surface area contributed by atoms with Gasteiger partial charge in [-0.1, -0.05) is 23.7 Å². The van der Waals surface area contributed by atoms with Crippen molar-refractivity contribution in [3.05, 3.63) is 34.9 Å². The molecule has 0 bridgehead atoms. The van der Waals surface area contributed by atoms with E-state index in [1.54, 1.807) is 0 Å². The zero-order valence-electron chi connectivity index (χ0n) is 11.0. The Morgan fingerprint density at radius 1 is 1.63 bits per heavy atom. The van der Waals surface area contributed by atoms with E-state index in [0.29, 0.717) is 18.1 Å². The van der Waals surface area contributed by atoms with Crippen LogP contribution in [0.1, 0.15) is 24.9 Å². The van der Waals surface area contributed by atoms with Gasteiger partial charge in [0.2, 0.25) is 5.91 Å². The number of rotatable bonds is 4. The summed E-state index contributed by atoms with van der Waals surface area (Å²) < 4.78 is 5.51. The van der Waals surface area contributed by atoms with E-state index >= 15 is 0 Å². The SMILES string of the molecule is CC(NC(=O)CC1CNCCO1)c1cccc(Cl)c1. The summed E-state index contributed by atoms with van der Waals surface area (Å²) in [5.41, 5.74) is 1.00. The van der Waals surface area contributed by atoms with Crippen LogP contribution in [0, 0.1) is 0 Å². The Morgan fingerprint density at radius 3 is 3.16 bits per heavy atom. The molecular weight excluding hydrogens is 264 g/mol. The van der Waals surface area contributed by atoms with E-state index < -0.39 is 0 Å². The highest BCUT2D eigenvalue weighted by Crippen LogP contribution is 2.17. The van der Waals surface area contributed by atoms with Crippen LogP contribution < -0.4 is 10.6 Å². The second kappa shape index (κ2) is 6.89. The molecule has 2 N–H and O–H groups in total. The molecular formula is C14H19ClN2O2. The minimum absolute atomic E-state index is 0.00109. The van der Waals surface area contributed by atoms with Gasteiger partial charge < -0.3 is 15.4 Å². The Labute approximate surface area is 118 Å². The fourth-order valence-electron chi connectivity index (χ4n) is 2.12. The van der Waals surface area contributed by atoms with Crippen LogP contribution in [0.15, 0.2) is 24.3 Å². The summed E-state index contributed by atoms with van der Waals surface area (Å²) in [6, 6.07) is 7.47. The van der Waals surface area contributed by atoms with Gasteiger partial charge in [-0.3, -0.25) is 4.79 Å². The first-order valence-corrected chi connectivity index (χ1v) is 6.90. The third-order valence-corrected chi connectivity index (χ3v) is 3.38. The smallest absolute Gasteiger partial charge is 0.223 e. The monoisotopic (exact) mass is 282 g/mol. The molecule has 1 aromatic carbocycles. The molecule has 1 fully saturated rings. The molecule has 1 aliphatic heterocycles. The number of carbonyl (C=O) groups excluding carboxylic acids is 1. The van der Waals surface area contributed by atoms with Gasteiger partial charge in [0.25, 0.3) is 0 Å². The normalized spacial score (nSPS) is 20.8. The lowest BCUT2D eigenvalue weighted by atomic mass is 10.1. The highest BCUT2D eigenvalue weighted by molar-refractivity contribution is 6.30. The fourth-order valence-corrected chi connectivity index (χ4v) is 2.32. The van der Waals surface area contributed by atoms with Crippen molar-refractivity contribution in [2.75, 3.05) is 19.7 Å². The molecule has 2 atom stereocenters. The van der Waals surface area contributed by atoms with Crippen LogP contribution in [-0.4, -0.2) is 31.7 Å². The van der Waals surface area contributed by atoms with Gasteiger partial charge in [-0.25, -0.2) is 0 Å². The van der Waals surface area contributed by atoms with E-state index in [9.17, 15) is 4.79 Å². The maximum absolute atomic E-state index is 11.9. The summed E-state index contributed by atoms with van der Waals surface area (Å²) in [7, 11) is 0. The average Bonchev–Trinajstić information content (AvgIpc) is 2.39. The van der Waals surface area contributed by atoms with E-state index in [1.807, 2.05) is 31.2 Å². The van der Waals surface area contributed by atoms with Gasteiger partial charge in [0.1, 0.15) is 0 Å². The Bertz CT molecular complexity index is 433. The molecule has 0 spiro atoms. The first-order chi connectivity index (χ1) is 9.15. The third kappa shape index (κ3) is 4.49. The zero-order valence-corrected chi connectivity index (χ0v) is 11.7. The summed E-state index contributed by atoms with van der Waals surface area (Å²) in [5.74, 6) is 0.00109. The molecule has 4 nitrogen and oxygen atoms in total. The molecule has 19 heavy (non-hydrogen) atoms. The van der Waals surface area contributed by atoms with Gasteiger partial charge in [0, 0.05) is 18.1 Å². The third-order valence-electron chi connectivity index (χ3n) is 3.14. The second-order valence-electron chi connectivity index (χ2n) is 4.75. The topological polar surface area (TPSA) is 50.4 Å². The molecule has 104 valence electrons. The molecule has 5 heteroatoms. The van der Waals surface area contributed by atoms with Gasteiger partial charge in [-0.15, -0.1) is 0 Å². The average molecular weight is 283 g/mol. The molecule has 1 aromatic rings. The summed E-state index contributed by atoms with van der Waals surface area (Å²) in [4.78, 5) is 11.9. The summed E-state index contributed by atoms with van der Waals surface area (Å²) >= 11 is 5.94. The van der Waals surface area contributed by atoms with Crippen LogP contribution in [0.5, 0.6) is 0 Å². The van der Waals surface area contributed by atoms with Crippen molar-refractivity contribution in [3.63, 3.8) is 0 Å². The van der Waals surface area contributed by atoms with Crippen molar-refractivity contribution in [2.45, 2.75) is 25.5 Å². The quantitative estimate of drug-likeness (QED) is 0.887. The summed E-state index contributed by atoms with van der Waals surface area (Å²) in [6.07, 6.45) is 0.359. The lowest BCUT2D eigenvalue weighted by Gasteiger charge is -2.24. The molecule has 2 rings (SSSR count). The summed E-state index contributed by atoms with van der Waals surface area (Å²) in [5, 5.41) is 6.85. The van der Waals surface area contributed by atoms with Crippen LogP contribution in [0.25, 0.3) is 0 Å². The molecule has 1 aliphatic rings. The first-order valence-electron chi connectivity index (χ1n) is 6.52. The van der Waals surface area contributed by atoms with Gasteiger partial charge >= 0.3 is 0 Å². The molecule has 0 radical (unpaired) electrons. The lowest BCUT2D eigenvalue weighted by Crippen LogP contribution is -2.41. The van der Waals surface area contributed by atoms with Crippen LogP contribution in [0.4, 0.5) is 0 Å². The Hall–Kier alpha value is -1.10. The van der Waals surface area contributed by atoms with Crippen LogP contribution in [-0.2, 0) is 9.53 Å². The van der Waals surface area contributed by atoms with Gasteiger partial charge in [0.05, 0.1) is 25.2 Å². The van der Waals surface area contributed by atoms with Crippen molar-refractivity contribution in [1.29, 1.82) is 0 Å². The van der Waals surface area contributed by atoms with Crippen LogP contribution in [0.2, 0.25) is 5.02 Å². The van der Waals surface area contributed by atoms with Crippen LogP contribution >= 0.6 is 11.6 Å². The molecule has 0 aliphatic carbocycles. The van der Waals surface area contributed by atoms with Crippen molar-refractivity contribution < 1.29 is 9.53 Å². The maximum Gasteiger partial charge on any atom is 0.223 e. The minimum Gasteiger partial charge on any atom is -0.375 e. The summed E-state index contributed by atoms with van der Waals surface area (Å²) in [6.45, 7) is 4.21. The van der Waals surface area contributed by atoms with E-state index in [-0.39, 0.29) is 18.1 Å². The lowest BCUT2D eigenvalue weighted by molar-refractivity contribution is -0.125. The van der Waals surface area contributed by atoms with Crippen LogP contribution in [0.3, 0.4) is 0 Å². The van der Waals surface area contributed by atoms with Crippen molar-refractivity contribution in [2.24, 2.45) is 0 Å².